The van der Waals surface area contributed by atoms with E-state index in [2.05, 4.69) is 42.5 Å². The summed E-state index contributed by atoms with van der Waals surface area (Å²) in [6, 6.07) is 9.60. The number of carbonyl (C=O) groups excluding carboxylic acids is 1. The van der Waals surface area contributed by atoms with Crippen LogP contribution in [0, 0.1) is 13.8 Å². The molecule has 3 aromatic heterocycles. The number of halogens is 3. The molecular formula is C24H23BrF2N6O. The van der Waals surface area contributed by atoms with E-state index in [-0.39, 0.29) is 23.9 Å². The molecule has 0 bridgehead atoms. The zero-order valence-corrected chi connectivity index (χ0v) is 20.3. The number of hydrogen-bond donors (Lipinski definition) is 1. The van der Waals surface area contributed by atoms with Crippen LogP contribution in [-0.4, -0.2) is 30.5 Å². The number of alkyl halides is 2. The number of benzene rings is 1. The largest absolute Gasteiger partial charge is 0.307 e. The van der Waals surface area contributed by atoms with E-state index in [1.807, 2.05) is 25.1 Å². The predicted octanol–water partition coefficient (Wildman–Crippen LogP) is 5.51. The zero-order chi connectivity index (χ0) is 24.0. The summed E-state index contributed by atoms with van der Waals surface area (Å²) in [5.41, 5.74) is 3.56. The van der Waals surface area contributed by atoms with Crippen molar-refractivity contribution < 1.29 is 13.6 Å². The summed E-state index contributed by atoms with van der Waals surface area (Å²) in [5, 5.41) is 11.9. The third kappa shape index (κ3) is 4.59. The minimum Gasteiger partial charge on any atom is -0.307 e. The monoisotopic (exact) mass is 528 g/mol. The number of aryl methyl sites for hydroxylation is 2. The summed E-state index contributed by atoms with van der Waals surface area (Å²) >= 11 is 3.44. The van der Waals surface area contributed by atoms with Crippen LogP contribution in [0.2, 0.25) is 0 Å². The quantitative estimate of drug-likeness (QED) is 0.343. The Hall–Kier alpha value is -3.14. The van der Waals surface area contributed by atoms with Crippen LogP contribution in [0.15, 0.2) is 41.0 Å². The number of aromatic nitrogens is 5. The maximum Gasteiger partial charge on any atom is 0.264 e. The summed E-state index contributed by atoms with van der Waals surface area (Å²) in [7, 11) is 0. The van der Waals surface area contributed by atoms with Crippen LogP contribution in [0.1, 0.15) is 53.3 Å². The van der Waals surface area contributed by atoms with Crippen molar-refractivity contribution in [1.82, 2.24) is 24.5 Å². The van der Waals surface area contributed by atoms with Crippen LogP contribution in [0.4, 0.5) is 14.6 Å². The van der Waals surface area contributed by atoms with Gasteiger partial charge in [0.1, 0.15) is 6.54 Å². The first-order valence-electron chi connectivity index (χ1n) is 11.0. The lowest BCUT2D eigenvalue weighted by Crippen LogP contribution is -2.20. The molecule has 10 heteroatoms. The van der Waals surface area contributed by atoms with Crippen LogP contribution in [0.5, 0.6) is 0 Å². The van der Waals surface area contributed by atoms with Crippen LogP contribution >= 0.6 is 15.9 Å². The fourth-order valence-corrected chi connectivity index (χ4v) is 4.56. The highest BCUT2D eigenvalue weighted by Gasteiger charge is 2.29. The molecule has 0 radical (unpaired) electrons. The molecule has 1 aromatic carbocycles. The van der Waals surface area contributed by atoms with Gasteiger partial charge in [0.05, 0.1) is 22.1 Å². The van der Waals surface area contributed by atoms with Crippen molar-refractivity contribution in [2.45, 2.75) is 52.1 Å². The number of pyridine rings is 1. The number of amides is 1. The van der Waals surface area contributed by atoms with Gasteiger partial charge >= 0.3 is 0 Å². The third-order valence-corrected chi connectivity index (χ3v) is 6.43. The second kappa shape index (κ2) is 8.90. The molecule has 0 unspecified atom stereocenters. The van der Waals surface area contributed by atoms with Crippen LogP contribution in [-0.2, 0) is 17.9 Å². The summed E-state index contributed by atoms with van der Waals surface area (Å²) in [5.74, 6) is 0.210. The minimum atomic E-state index is -2.64. The van der Waals surface area contributed by atoms with Gasteiger partial charge in [0, 0.05) is 23.4 Å². The number of nitrogens with one attached hydrogen (secondary N) is 1. The molecule has 0 atom stereocenters. The first-order valence-corrected chi connectivity index (χ1v) is 11.8. The molecule has 0 spiro atoms. The lowest BCUT2D eigenvalue weighted by molar-refractivity contribution is -0.116. The van der Waals surface area contributed by atoms with E-state index in [1.165, 1.54) is 10.7 Å². The molecule has 0 aliphatic heterocycles. The lowest BCUT2D eigenvalue weighted by atomic mass is 10.1. The van der Waals surface area contributed by atoms with Gasteiger partial charge in [-0.3, -0.25) is 9.48 Å². The molecule has 1 amide bonds. The van der Waals surface area contributed by atoms with Gasteiger partial charge in [-0.2, -0.15) is 10.2 Å². The standard InChI is InChI=1S/C24H23BrF2N6O/c1-13-4-3-5-15(8-13)10-32-11-18(25)23(31-32)29-20(34)12-33-24-21(14(2)30-33)17(22(26)27)9-19(28-24)16-6-7-16/h3-5,8-9,11,16,22H,6-7,10,12H2,1-2H3,(H,29,31,34). The van der Waals surface area contributed by atoms with Crippen molar-refractivity contribution in [1.29, 1.82) is 0 Å². The van der Waals surface area contributed by atoms with Crippen LogP contribution in [0.3, 0.4) is 0 Å². The SMILES string of the molecule is Cc1cccc(Cn2cc(Br)c(NC(=O)Cn3nc(C)c4c(C(F)F)cc(C5CC5)nc43)n2)c1. The van der Waals surface area contributed by atoms with E-state index >= 15 is 0 Å². The van der Waals surface area contributed by atoms with Gasteiger partial charge in [0.2, 0.25) is 5.91 Å². The van der Waals surface area contributed by atoms with E-state index in [4.69, 9.17) is 0 Å². The highest BCUT2D eigenvalue weighted by Crippen LogP contribution is 2.41. The fraction of sp³-hybridized carbons (Fsp3) is 0.333. The van der Waals surface area contributed by atoms with Gasteiger partial charge in [0.25, 0.3) is 6.43 Å². The molecule has 34 heavy (non-hydrogen) atoms. The lowest BCUT2D eigenvalue weighted by Gasteiger charge is -2.08. The maximum absolute atomic E-state index is 13.8. The van der Waals surface area contributed by atoms with E-state index in [1.54, 1.807) is 17.8 Å². The molecule has 1 saturated carbocycles. The number of fused-ring (bicyclic) bond motifs is 1. The average Bonchev–Trinajstić information content (AvgIpc) is 3.51. The predicted molar refractivity (Wildman–Crippen MR) is 128 cm³/mol. The van der Waals surface area contributed by atoms with Crippen LogP contribution < -0.4 is 5.32 Å². The highest BCUT2D eigenvalue weighted by molar-refractivity contribution is 9.10. The molecule has 0 saturated heterocycles. The van der Waals surface area contributed by atoms with Gasteiger partial charge in [0.15, 0.2) is 11.5 Å². The molecule has 3 heterocycles. The van der Waals surface area contributed by atoms with Crippen molar-refractivity contribution in [2.75, 3.05) is 5.32 Å². The van der Waals surface area contributed by atoms with Crippen molar-refractivity contribution in [3.8, 4) is 0 Å². The Kier molecular flexibility index (Phi) is 5.93. The average molecular weight is 529 g/mol. The van der Waals surface area contributed by atoms with Gasteiger partial charge in [-0.1, -0.05) is 29.8 Å². The third-order valence-electron chi connectivity index (χ3n) is 5.85. The second-order valence-corrected chi connectivity index (χ2v) is 9.57. The first kappa shape index (κ1) is 22.6. The Labute approximate surface area is 203 Å². The number of carbonyl (C=O) groups is 1. The summed E-state index contributed by atoms with van der Waals surface area (Å²) in [6.07, 6.45) is 1.03. The molecular weight excluding hydrogens is 506 g/mol. The summed E-state index contributed by atoms with van der Waals surface area (Å²) < 4.78 is 31.3. The Morgan fingerprint density at radius 2 is 2.03 bits per heavy atom. The van der Waals surface area contributed by atoms with Crippen molar-refractivity contribution in [3.05, 3.63) is 69.1 Å². The number of nitrogens with zero attached hydrogens (tertiary/aromatic N) is 5. The summed E-state index contributed by atoms with van der Waals surface area (Å²) in [4.78, 5) is 17.4. The smallest absolute Gasteiger partial charge is 0.264 e. The van der Waals surface area contributed by atoms with Crippen LogP contribution in [0.25, 0.3) is 11.0 Å². The normalized spacial score (nSPS) is 13.7. The summed E-state index contributed by atoms with van der Waals surface area (Å²) in [6.45, 7) is 4.08. The molecule has 5 rings (SSSR count). The maximum atomic E-state index is 13.8. The number of anilines is 1. The van der Waals surface area contributed by atoms with Crippen molar-refractivity contribution >= 4 is 38.7 Å². The topological polar surface area (TPSA) is 77.6 Å². The fourth-order valence-electron chi connectivity index (χ4n) is 4.15. The van der Waals surface area contributed by atoms with E-state index < -0.39 is 6.43 Å². The molecule has 1 aliphatic rings. The first-order chi connectivity index (χ1) is 16.3. The Bertz CT molecular complexity index is 1390. The minimum absolute atomic E-state index is 0.0753. The second-order valence-electron chi connectivity index (χ2n) is 8.71. The zero-order valence-electron chi connectivity index (χ0n) is 18.7. The van der Waals surface area contributed by atoms with E-state index in [0.29, 0.717) is 39.3 Å². The van der Waals surface area contributed by atoms with Gasteiger partial charge in [-0.05, 0) is 54.2 Å². The van der Waals surface area contributed by atoms with Gasteiger partial charge in [-0.15, -0.1) is 0 Å². The van der Waals surface area contributed by atoms with E-state index in [9.17, 15) is 13.6 Å². The Balaban J connectivity index is 1.37. The number of rotatable bonds is 7. The van der Waals surface area contributed by atoms with E-state index in [0.717, 1.165) is 24.0 Å². The molecule has 1 fully saturated rings. The van der Waals surface area contributed by atoms with Crippen molar-refractivity contribution in [2.24, 2.45) is 0 Å². The Morgan fingerprint density at radius 1 is 1.24 bits per heavy atom. The Morgan fingerprint density at radius 3 is 2.74 bits per heavy atom. The van der Waals surface area contributed by atoms with Gasteiger partial charge < -0.3 is 5.32 Å². The van der Waals surface area contributed by atoms with Gasteiger partial charge in [-0.25, -0.2) is 18.4 Å². The molecule has 7 nitrogen and oxygen atoms in total. The molecule has 1 N–H and O–H groups in total. The molecule has 1 aliphatic carbocycles. The molecule has 176 valence electrons. The van der Waals surface area contributed by atoms with Crippen molar-refractivity contribution in [3.63, 3.8) is 0 Å². The number of hydrogen-bond acceptors (Lipinski definition) is 4. The molecule has 4 aromatic rings. The highest BCUT2D eigenvalue weighted by atomic mass is 79.9.